The van der Waals surface area contributed by atoms with Crippen LogP contribution in [0.15, 0.2) is 115 Å². The Morgan fingerprint density at radius 3 is 2.42 bits per heavy atom. The van der Waals surface area contributed by atoms with Gasteiger partial charge in [-0.1, -0.05) is 54.6 Å². The molecule has 0 aliphatic rings. The molecule has 3 heterocycles. The van der Waals surface area contributed by atoms with Crippen molar-refractivity contribution in [3.05, 3.63) is 137 Å². The molecule has 0 spiro atoms. The van der Waals surface area contributed by atoms with Crippen LogP contribution in [-0.4, -0.2) is 14.5 Å². The van der Waals surface area contributed by atoms with E-state index in [1.54, 1.807) is 53.6 Å². The van der Waals surface area contributed by atoms with Gasteiger partial charge in [-0.2, -0.15) is 5.26 Å². The molecule has 0 amide bonds. The zero-order chi connectivity index (χ0) is 24.7. The lowest BCUT2D eigenvalue weighted by Gasteiger charge is -2.13. The number of ether oxygens (including phenoxy) is 1. The van der Waals surface area contributed by atoms with Gasteiger partial charge in [-0.3, -0.25) is 19.3 Å². The lowest BCUT2D eigenvalue weighted by atomic mass is 9.99. The zero-order valence-corrected chi connectivity index (χ0v) is 19.4. The van der Waals surface area contributed by atoms with E-state index in [-0.39, 0.29) is 5.56 Å². The molecule has 0 bridgehead atoms. The van der Waals surface area contributed by atoms with Crippen LogP contribution in [0.5, 0.6) is 0 Å². The van der Waals surface area contributed by atoms with E-state index in [9.17, 15) is 10.1 Å². The fourth-order valence-corrected chi connectivity index (χ4v) is 4.00. The van der Waals surface area contributed by atoms with E-state index >= 15 is 0 Å². The van der Waals surface area contributed by atoms with E-state index in [2.05, 4.69) is 16.0 Å². The van der Waals surface area contributed by atoms with Crippen molar-refractivity contribution in [1.29, 1.82) is 5.26 Å². The highest BCUT2D eigenvalue weighted by Crippen LogP contribution is 2.26. The summed E-state index contributed by atoms with van der Waals surface area (Å²) < 4.78 is 7.43. The second-order valence-electron chi connectivity index (χ2n) is 8.22. The van der Waals surface area contributed by atoms with Gasteiger partial charge in [-0.05, 0) is 41.5 Å². The number of pyridine rings is 3. The number of aromatic nitrogens is 3. The highest BCUT2D eigenvalue weighted by molar-refractivity contribution is 5.74. The van der Waals surface area contributed by atoms with Gasteiger partial charge in [0.2, 0.25) is 0 Å². The number of benzene rings is 2. The Morgan fingerprint density at radius 2 is 1.61 bits per heavy atom. The third kappa shape index (κ3) is 4.97. The third-order valence-electron chi connectivity index (χ3n) is 5.75. The standard InChI is InChI=1S/C30H22N4O2/c31-16-24-10-4-5-11-27(24)28-15-25(29-12-6-7-13-33-29)19-34(30(28)35)26-14-23(17-32-18-26)21-36-20-22-8-2-1-3-9-22/h1-15,17-19H,20-21H2. The van der Waals surface area contributed by atoms with Crippen molar-refractivity contribution in [3.8, 4) is 34.1 Å². The Morgan fingerprint density at radius 1 is 0.833 bits per heavy atom. The number of nitrogens with zero attached hydrogens (tertiary/aromatic N) is 4. The molecule has 6 nitrogen and oxygen atoms in total. The molecule has 0 atom stereocenters. The second-order valence-corrected chi connectivity index (χ2v) is 8.22. The molecule has 6 heteroatoms. The van der Waals surface area contributed by atoms with E-state index in [1.165, 1.54) is 0 Å². The maximum absolute atomic E-state index is 13.7. The first-order valence-electron chi connectivity index (χ1n) is 11.5. The Bertz CT molecular complexity index is 1590. The molecule has 0 aliphatic heterocycles. The highest BCUT2D eigenvalue weighted by Gasteiger charge is 2.15. The quantitative estimate of drug-likeness (QED) is 0.312. The van der Waals surface area contributed by atoms with Gasteiger partial charge in [0, 0.05) is 35.3 Å². The summed E-state index contributed by atoms with van der Waals surface area (Å²) in [5, 5.41) is 9.65. The maximum Gasteiger partial charge on any atom is 0.263 e. The van der Waals surface area contributed by atoms with Crippen LogP contribution in [0.25, 0.3) is 28.1 Å². The maximum atomic E-state index is 13.7. The van der Waals surface area contributed by atoms with Crippen LogP contribution >= 0.6 is 0 Å². The number of nitriles is 1. The predicted octanol–water partition coefficient (Wildman–Crippen LogP) is 5.55. The van der Waals surface area contributed by atoms with Crippen molar-refractivity contribution in [1.82, 2.24) is 14.5 Å². The van der Waals surface area contributed by atoms with Crippen LogP contribution < -0.4 is 5.56 Å². The summed E-state index contributed by atoms with van der Waals surface area (Å²) in [6, 6.07) is 28.5. The molecule has 0 aliphatic carbocycles. The fourth-order valence-electron chi connectivity index (χ4n) is 4.00. The molecular formula is C30H22N4O2. The van der Waals surface area contributed by atoms with E-state index < -0.39 is 0 Å². The van der Waals surface area contributed by atoms with Crippen molar-refractivity contribution in [3.63, 3.8) is 0 Å². The molecule has 0 N–H and O–H groups in total. The van der Waals surface area contributed by atoms with Crippen molar-refractivity contribution in [2.24, 2.45) is 0 Å². The lowest BCUT2D eigenvalue weighted by molar-refractivity contribution is 0.107. The van der Waals surface area contributed by atoms with Gasteiger partial charge < -0.3 is 4.74 Å². The minimum atomic E-state index is -0.249. The largest absolute Gasteiger partial charge is 0.372 e. The molecule has 36 heavy (non-hydrogen) atoms. The summed E-state index contributed by atoms with van der Waals surface area (Å²) in [6.07, 6.45) is 6.84. The average molecular weight is 471 g/mol. The van der Waals surface area contributed by atoms with Gasteiger partial charge in [-0.25, -0.2) is 0 Å². The van der Waals surface area contributed by atoms with Gasteiger partial charge in [0.05, 0.1) is 42.4 Å². The summed E-state index contributed by atoms with van der Waals surface area (Å²) in [5.74, 6) is 0. The second kappa shape index (κ2) is 10.6. The Balaban J connectivity index is 1.56. The van der Waals surface area contributed by atoms with Gasteiger partial charge in [0.25, 0.3) is 5.56 Å². The molecule has 0 unspecified atom stereocenters. The van der Waals surface area contributed by atoms with E-state index in [0.717, 1.165) is 22.4 Å². The average Bonchev–Trinajstić information content (AvgIpc) is 2.94. The van der Waals surface area contributed by atoms with Crippen LogP contribution in [0.3, 0.4) is 0 Å². The van der Waals surface area contributed by atoms with Crippen molar-refractivity contribution >= 4 is 0 Å². The highest BCUT2D eigenvalue weighted by atomic mass is 16.5. The third-order valence-corrected chi connectivity index (χ3v) is 5.75. The minimum Gasteiger partial charge on any atom is -0.372 e. The summed E-state index contributed by atoms with van der Waals surface area (Å²) in [4.78, 5) is 22.5. The molecule has 0 saturated carbocycles. The molecule has 0 radical (unpaired) electrons. The van der Waals surface area contributed by atoms with Crippen LogP contribution in [-0.2, 0) is 18.0 Å². The number of hydrogen-bond donors (Lipinski definition) is 0. The molecule has 0 saturated heterocycles. The summed E-state index contributed by atoms with van der Waals surface area (Å²) in [7, 11) is 0. The Kier molecular flexibility index (Phi) is 6.74. The first kappa shape index (κ1) is 22.9. The molecule has 2 aromatic carbocycles. The van der Waals surface area contributed by atoms with Crippen molar-refractivity contribution in [2.45, 2.75) is 13.2 Å². The Hall–Kier alpha value is -4.86. The van der Waals surface area contributed by atoms with Crippen LogP contribution in [0, 0.1) is 11.3 Å². The first-order chi connectivity index (χ1) is 17.7. The molecule has 3 aromatic heterocycles. The van der Waals surface area contributed by atoms with E-state index in [4.69, 9.17) is 4.74 Å². The lowest BCUT2D eigenvalue weighted by Crippen LogP contribution is -2.20. The fraction of sp³-hybridized carbons (Fsp3) is 0.0667. The number of rotatable bonds is 7. The monoisotopic (exact) mass is 470 g/mol. The topological polar surface area (TPSA) is 80.8 Å². The smallest absolute Gasteiger partial charge is 0.263 e. The van der Waals surface area contributed by atoms with Crippen LogP contribution in [0.2, 0.25) is 0 Å². The molecular weight excluding hydrogens is 448 g/mol. The summed E-state index contributed by atoms with van der Waals surface area (Å²) in [6.45, 7) is 0.837. The van der Waals surface area contributed by atoms with Gasteiger partial charge in [-0.15, -0.1) is 0 Å². The van der Waals surface area contributed by atoms with Gasteiger partial charge in [0.15, 0.2) is 0 Å². The predicted molar refractivity (Wildman–Crippen MR) is 138 cm³/mol. The molecule has 174 valence electrons. The minimum absolute atomic E-state index is 0.249. The normalized spacial score (nSPS) is 10.6. The molecule has 5 rings (SSSR count). The molecule has 0 fully saturated rings. The zero-order valence-electron chi connectivity index (χ0n) is 19.4. The Labute approximate surface area is 208 Å². The summed E-state index contributed by atoms with van der Waals surface area (Å²) >= 11 is 0. The van der Waals surface area contributed by atoms with Gasteiger partial charge in [0.1, 0.15) is 0 Å². The van der Waals surface area contributed by atoms with Crippen molar-refractivity contribution in [2.75, 3.05) is 0 Å². The van der Waals surface area contributed by atoms with Crippen LogP contribution in [0.1, 0.15) is 16.7 Å². The number of hydrogen-bond acceptors (Lipinski definition) is 5. The molecule has 5 aromatic rings. The van der Waals surface area contributed by atoms with Crippen molar-refractivity contribution < 1.29 is 4.74 Å². The van der Waals surface area contributed by atoms with Gasteiger partial charge >= 0.3 is 0 Å². The van der Waals surface area contributed by atoms with Crippen LogP contribution in [0.4, 0.5) is 0 Å². The SMILES string of the molecule is N#Cc1ccccc1-c1cc(-c2ccccn2)cn(-c2cncc(COCc3ccccc3)c2)c1=O. The van der Waals surface area contributed by atoms with E-state index in [0.29, 0.717) is 35.6 Å². The first-order valence-corrected chi connectivity index (χ1v) is 11.5. The summed E-state index contributed by atoms with van der Waals surface area (Å²) in [5.41, 5.74) is 5.18. The van der Waals surface area contributed by atoms with E-state index in [1.807, 2.05) is 60.7 Å².